The highest BCUT2D eigenvalue weighted by atomic mass is 16.1. The molecule has 0 aliphatic rings. The summed E-state index contributed by atoms with van der Waals surface area (Å²) in [6.45, 7) is 2.02. The Bertz CT molecular complexity index is 712. The van der Waals surface area contributed by atoms with E-state index in [0.29, 0.717) is 6.42 Å². The number of carbonyl (C=O) groups is 1. The van der Waals surface area contributed by atoms with Gasteiger partial charge in [-0.1, -0.05) is 67.6 Å². The molecule has 23 heavy (non-hydrogen) atoms. The average Bonchev–Trinajstić information content (AvgIpc) is 3.13. The van der Waals surface area contributed by atoms with Crippen LogP contribution in [-0.2, 0) is 10.3 Å². The van der Waals surface area contributed by atoms with E-state index in [0.717, 1.165) is 17.5 Å². The molecule has 0 bridgehead atoms. The number of hydrogen-bond acceptors (Lipinski definition) is 3. The van der Waals surface area contributed by atoms with Gasteiger partial charge >= 0.3 is 0 Å². The van der Waals surface area contributed by atoms with Crippen LogP contribution in [0.25, 0.3) is 0 Å². The average molecular weight is 305 g/mol. The summed E-state index contributed by atoms with van der Waals surface area (Å²) < 4.78 is 1.82. The van der Waals surface area contributed by atoms with Gasteiger partial charge < -0.3 is 0 Å². The van der Waals surface area contributed by atoms with Crippen molar-refractivity contribution in [3.05, 3.63) is 84.4 Å². The first-order valence-corrected chi connectivity index (χ1v) is 7.79. The topological polar surface area (TPSA) is 47.8 Å². The SMILES string of the molecule is CCCC(=O)C(c1ccccc1)(c1ccccc1)n1cnnc1. The summed E-state index contributed by atoms with van der Waals surface area (Å²) in [4.78, 5) is 13.3. The summed E-state index contributed by atoms with van der Waals surface area (Å²) in [5, 5.41) is 7.88. The second-order valence-electron chi connectivity index (χ2n) is 5.48. The number of benzene rings is 2. The molecule has 2 aromatic carbocycles. The first-order valence-electron chi connectivity index (χ1n) is 7.79. The Labute approximate surface area is 135 Å². The van der Waals surface area contributed by atoms with Crippen molar-refractivity contribution < 1.29 is 4.79 Å². The number of rotatable bonds is 6. The maximum atomic E-state index is 13.3. The van der Waals surface area contributed by atoms with Gasteiger partial charge in [-0.2, -0.15) is 0 Å². The Balaban J connectivity index is 2.33. The smallest absolute Gasteiger partial charge is 0.167 e. The van der Waals surface area contributed by atoms with Crippen LogP contribution in [0.1, 0.15) is 30.9 Å². The summed E-state index contributed by atoms with van der Waals surface area (Å²) in [6, 6.07) is 19.7. The van der Waals surface area contributed by atoms with E-state index >= 15 is 0 Å². The number of aromatic nitrogens is 3. The van der Waals surface area contributed by atoms with E-state index in [2.05, 4.69) is 10.2 Å². The predicted octanol–water partition coefficient (Wildman–Crippen LogP) is 3.44. The number of nitrogens with zero attached hydrogens (tertiary/aromatic N) is 3. The molecule has 1 heterocycles. The van der Waals surface area contributed by atoms with Crippen molar-refractivity contribution in [1.29, 1.82) is 0 Å². The Morgan fingerprint density at radius 1 is 0.913 bits per heavy atom. The molecule has 116 valence electrons. The van der Waals surface area contributed by atoms with Crippen LogP contribution in [0.4, 0.5) is 0 Å². The Morgan fingerprint density at radius 3 is 1.83 bits per heavy atom. The molecule has 0 N–H and O–H groups in total. The lowest BCUT2D eigenvalue weighted by atomic mass is 9.77. The molecule has 0 saturated carbocycles. The van der Waals surface area contributed by atoms with Crippen LogP contribution in [0, 0.1) is 0 Å². The maximum Gasteiger partial charge on any atom is 0.167 e. The van der Waals surface area contributed by atoms with Crippen molar-refractivity contribution in [2.75, 3.05) is 0 Å². The molecule has 0 unspecified atom stereocenters. The molecule has 0 fully saturated rings. The third-order valence-electron chi connectivity index (χ3n) is 4.07. The number of ketones is 1. The van der Waals surface area contributed by atoms with Gasteiger partial charge in [-0.15, -0.1) is 10.2 Å². The molecular formula is C19H19N3O. The molecule has 4 nitrogen and oxygen atoms in total. The minimum Gasteiger partial charge on any atom is -0.298 e. The largest absolute Gasteiger partial charge is 0.298 e. The highest BCUT2D eigenvalue weighted by Crippen LogP contribution is 2.36. The molecule has 3 rings (SSSR count). The fourth-order valence-corrected chi connectivity index (χ4v) is 3.07. The summed E-state index contributed by atoms with van der Waals surface area (Å²) in [6.07, 6.45) is 4.52. The summed E-state index contributed by atoms with van der Waals surface area (Å²) in [7, 11) is 0. The van der Waals surface area contributed by atoms with Crippen molar-refractivity contribution >= 4 is 5.78 Å². The van der Waals surface area contributed by atoms with Crippen molar-refractivity contribution in [1.82, 2.24) is 14.8 Å². The lowest BCUT2D eigenvalue weighted by molar-refractivity contribution is -0.124. The van der Waals surface area contributed by atoms with Crippen molar-refractivity contribution in [2.24, 2.45) is 0 Å². The van der Waals surface area contributed by atoms with E-state index in [1.807, 2.05) is 72.2 Å². The quantitative estimate of drug-likeness (QED) is 0.701. The van der Waals surface area contributed by atoms with E-state index in [4.69, 9.17) is 0 Å². The Kier molecular flexibility index (Phi) is 4.33. The van der Waals surface area contributed by atoms with Crippen molar-refractivity contribution in [2.45, 2.75) is 25.3 Å². The van der Waals surface area contributed by atoms with E-state index < -0.39 is 5.54 Å². The third kappa shape index (κ3) is 2.57. The van der Waals surface area contributed by atoms with Gasteiger partial charge in [-0.25, -0.2) is 0 Å². The molecule has 4 heteroatoms. The van der Waals surface area contributed by atoms with Crippen LogP contribution >= 0.6 is 0 Å². The van der Waals surface area contributed by atoms with Gasteiger partial charge in [0.05, 0.1) is 0 Å². The monoisotopic (exact) mass is 305 g/mol. The molecule has 0 radical (unpaired) electrons. The lowest BCUT2D eigenvalue weighted by Crippen LogP contribution is -2.43. The predicted molar refractivity (Wildman–Crippen MR) is 89.0 cm³/mol. The molecular weight excluding hydrogens is 286 g/mol. The van der Waals surface area contributed by atoms with Crippen LogP contribution in [0.2, 0.25) is 0 Å². The van der Waals surface area contributed by atoms with E-state index in [-0.39, 0.29) is 5.78 Å². The van der Waals surface area contributed by atoms with Gasteiger partial charge in [0.25, 0.3) is 0 Å². The zero-order valence-corrected chi connectivity index (χ0v) is 13.1. The summed E-state index contributed by atoms with van der Waals surface area (Å²) in [5.74, 6) is 0.136. The van der Waals surface area contributed by atoms with E-state index in [1.54, 1.807) is 12.7 Å². The standard InChI is InChI=1S/C19H19N3O/c1-2-9-18(23)19(22-14-20-21-15-22,16-10-5-3-6-11-16)17-12-7-4-8-13-17/h3-8,10-15H,2,9H2,1H3. The second kappa shape index (κ2) is 6.57. The molecule has 0 aliphatic carbocycles. The molecule has 0 spiro atoms. The molecule has 1 aromatic heterocycles. The Morgan fingerprint density at radius 2 is 1.39 bits per heavy atom. The third-order valence-corrected chi connectivity index (χ3v) is 4.07. The van der Waals surface area contributed by atoms with Crippen molar-refractivity contribution in [3.8, 4) is 0 Å². The first-order chi connectivity index (χ1) is 11.3. The van der Waals surface area contributed by atoms with Crippen molar-refractivity contribution in [3.63, 3.8) is 0 Å². The fraction of sp³-hybridized carbons (Fsp3) is 0.211. The zero-order chi connectivity index (χ0) is 16.1. The second-order valence-corrected chi connectivity index (χ2v) is 5.48. The first kappa shape index (κ1) is 15.2. The molecule has 0 atom stereocenters. The van der Waals surface area contributed by atoms with Crippen LogP contribution < -0.4 is 0 Å². The normalized spacial score (nSPS) is 11.3. The minimum absolute atomic E-state index is 0.136. The van der Waals surface area contributed by atoms with Crippen LogP contribution in [-0.4, -0.2) is 20.5 Å². The van der Waals surface area contributed by atoms with Crippen LogP contribution in [0.3, 0.4) is 0 Å². The van der Waals surface area contributed by atoms with Crippen LogP contribution in [0.5, 0.6) is 0 Å². The lowest BCUT2D eigenvalue weighted by Gasteiger charge is -2.34. The molecule has 0 saturated heterocycles. The van der Waals surface area contributed by atoms with E-state index in [9.17, 15) is 4.79 Å². The summed E-state index contributed by atoms with van der Waals surface area (Å²) >= 11 is 0. The molecule has 0 aliphatic heterocycles. The van der Waals surface area contributed by atoms with Gasteiger partial charge in [0, 0.05) is 6.42 Å². The zero-order valence-electron chi connectivity index (χ0n) is 13.1. The van der Waals surface area contributed by atoms with Crippen LogP contribution in [0.15, 0.2) is 73.3 Å². The fourth-order valence-electron chi connectivity index (χ4n) is 3.07. The van der Waals surface area contributed by atoms with Gasteiger partial charge in [0.2, 0.25) is 0 Å². The van der Waals surface area contributed by atoms with Gasteiger partial charge in [-0.3, -0.25) is 9.36 Å². The van der Waals surface area contributed by atoms with Gasteiger partial charge in [0.15, 0.2) is 11.3 Å². The number of hydrogen-bond donors (Lipinski definition) is 0. The number of Topliss-reactive ketones (excluding diaryl/α,β-unsaturated/α-hetero) is 1. The number of carbonyl (C=O) groups excluding carboxylic acids is 1. The Hall–Kier alpha value is -2.75. The van der Waals surface area contributed by atoms with E-state index in [1.165, 1.54) is 0 Å². The highest BCUT2D eigenvalue weighted by molar-refractivity contribution is 5.93. The molecule has 3 aromatic rings. The van der Waals surface area contributed by atoms with Gasteiger partial charge in [-0.05, 0) is 17.5 Å². The minimum atomic E-state index is -0.929. The highest BCUT2D eigenvalue weighted by Gasteiger charge is 2.42. The van der Waals surface area contributed by atoms with Gasteiger partial charge in [0.1, 0.15) is 12.7 Å². The summed E-state index contributed by atoms with van der Waals surface area (Å²) in [5.41, 5.74) is 0.913. The maximum absolute atomic E-state index is 13.3. The molecule has 0 amide bonds.